The van der Waals surface area contributed by atoms with Crippen LogP contribution in [-0.2, 0) is 9.84 Å². The molecule has 2 heterocycles. The SMILES string of the molecule is Cc1cc(F)cc(C2=c3cc4cc5c(cc4cc3-c3c2sc2ccccc32)=C(c2cc(F)cc(F)c2)C2=C5c3ccccc3S2(=O)=O)c1. The van der Waals surface area contributed by atoms with E-state index in [1.165, 1.54) is 18.2 Å². The Hall–Kier alpha value is -5.24. The number of hydrogen-bond acceptors (Lipinski definition) is 3. The van der Waals surface area contributed by atoms with Crippen molar-refractivity contribution in [2.75, 3.05) is 0 Å². The van der Waals surface area contributed by atoms with E-state index in [1.807, 2.05) is 37.3 Å². The Bertz CT molecular complexity index is 2910. The van der Waals surface area contributed by atoms with Crippen LogP contribution in [0.2, 0.25) is 0 Å². The molecule has 0 N–H and O–H groups in total. The summed E-state index contributed by atoms with van der Waals surface area (Å²) >= 11 is 1.68. The number of sulfone groups is 1. The molecule has 0 bridgehead atoms. The minimum Gasteiger partial charge on any atom is -0.218 e. The average Bonchev–Trinajstić information content (AvgIpc) is 3.73. The lowest BCUT2D eigenvalue weighted by molar-refractivity contribution is 0.582. The highest BCUT2D eigenvalue weighted by atomic mass is 32.2. The predicted molar refractivity (Wildman–Crippen MR) is 185 cm³/mol. The van der Waals surface area contributed by atoms with Gasteiger partial charge in [0.15, 0.2) is 0 Å². The van der Waals surface area contributed by atoms with E-state index in [0.717, 1.165) is 64.8 Å². The first kappa shape index (κ1) is 27.8. The summed E-state index contributed by atoms with van der Waals surface area (Å²) in [6.07, 6.45) is 0. The normalized spacial score (nSPS) is 15.2. The highest BCUT2D eigenvalue weighted by Gasteiger charge is 2.42. The second-order valence-corrected chi connectivity index (χ2v) is 15.5. The highest BCUT2D eigenvalue weighted by molar-refractivity contribution is 7.96. The van der Waals surface area contributed by atoms with E-state index in [9.17, 15) is 21.6 Å². The van der Waals surface area contributed by atoms with Crippen LogP contribution in [0.1, 0.15) is 32.7 Å². The molecule has 10 rings (SSSR count). The molecule has 2 nitrogen and oxygen atoms in total. The van der Waals surface area contributed by atoms with E-state index in [4.69, 9.17) is 0 Å². The van der Waals surface area contributed by atoms with Crippen LogP contribution in [-0.4, -0.2) is 8.42 Å². The number of hydrogen-bond donors (Lipinski definition) is 0. The van der Waals surface area contributed by atoms with E-state index in [-0.39, 0.29) is 21.2 Å². The molecule has 7 aromatic rings. The maximum atomic E-state index is 14.9. The second-order valence-electron chi connectivity index (χ2n) is 12.6. The zero-order chi connectivity index (χ0) is 32.6. The Labute approximate surface area is 277 Å². The van der Waals surface area contributed by atoms with Gasteiger partial charge in [-0.2, -0.15) is 0 Å². The van der Waals surface area contributed by atoms with E-state index in [2.05, 4.69) is 24.3 Å². The van der Waals surface area contributed by atoms with Crippen LogP contribution in [0.5, 0.6) is 0 Å². The summed E-state index contributed by atoms with van der Waals surface area (Å²) in [5.74, 6) is -1.87. The largest absolute Gasteiger partial charge is 0.218 e. The Morgan fingerprint density at radius 2 is 1.21 bits per heavy atom. The molecule has 0 amide bonds. The molecule has 230 valence electrons. The van der Waals surface area contributed by atoms with E-state index in [1.54, 1.807) is 41.7 Å². The van der Waals surface area contributed by atoms with Crippen molar-refractivity contribution < 1.29 is 21.6 Å². The van der Waals surface area contributed by atoms with Crippen molar-refractivity contribution in [2.45, 2.75) is 11.8 Å². The topological polar surface area (TPSA) is 34.1 Å². The number of fused-ring (bicyclic) bond motifs is 10. The van der Waals surface area contributed by atoms with Crippen molar-refractivity contribution in [3.05, 3.63) is 175 Å². The molecule has 0 spiro atoms. The molecular weight excluding hydrogens is 646 g/mol. The monoisotopic (exact) mass is 666 g/mol. The number of halogens is 3. The van der Waals surface area contributed by atoms with Gasteiger partial charge in [-0.05, 0) is 117 Å². The molecule has 0 atom stereocenters. The van der Waals surface area contributed by atoms with Gasteiger partial charge in [-0.15, -0.1) is 11.3 Å². The summed E-state index contributed by atoms with van der Waals surface area (Å²) in [5.41, 5.74) is 6.92. The molecule has 1 aliphatic heterocycles. The van der Waals surface area contributed by atoms with Gasteiger partial charge >= 0.3 is 0 Å². The number of benzene rings is 6. The average molecular weight is 667 g/mol. The Kier molecular flexibility index (Phi) is 5.47. The van der Waals surface area contributed by atoms with Crippen molar-refractivity contribution in [3.63, 3.8) is 0 Å². The summed E-state index contributed by atoms with van der Waals surface area (Å²) in [6.45, 7) is 1.88. The van der Waals surface area contributed by atoms with Crippen molar-refractivity contribution in [1.29, 1.82) is 0 Å². The van der Waals surface area contributed by atoms with Crippen molar-refractivity contribution in [1.82, 2.24) is 0 Å². The molecule has 0 saturated carbocycles. The van der Waals surface area contributed by atoms with Crippen LogP contribution in [0.4, 0.5) is 13.2 Å². The fourth-order valence-electron chi connectivity index (χ4n) is 7.86. The van der Waals surface area contributed by atoms with E-state index < -0.39 is 21.5 Å². The molecule has 0 saturated heterocycles. The standard InChI is InChI=1S/C41H21F3O2S2/c1-20-10-23(12-25(42)11-20)36-30-15-21-18-33-31(16-22(21)17-32(30)38-28-6-2-4-8-34(28)47-40(36)38)37(24-13-26(43)19-27(44)14-24)41-39(33)29-7-3-5-9-35(29)48(41,45)46/h2-19H,1H3. The van der Waals surface area contributed by atoms with E-state index >= 15 is 0 Å². The van der Waals surface area contributed by atoms with Crippen molar-refractivity contribution in [3.8, 4) is 11.1 Å². The van der Waals surface area contributed by atoms with Crippen molar-refractivity contribution in [2.24, 2.45) is 0 Å². The number of rotatable bonds is 2. The zero-order valence-electron chi connectivity index (χ0n) is 25.2. The fraction of sp³-hybridized carbons (Fsp3) is 0.0244. The predicted octanol–water partition coefficient (Wildman–Crippen LogP) is 8.77. The third-order valence-electron chi connectivity index (χ3n) is 9.66. The third-order valence-corrected chi connectivity index (χ3v) is 12.7. The molecular formula is C41H21F3O2S2. The van der Waals surface area contributed by atoms with Crippen LogP contribution in [0.25, 0.3) is 48.7 Å². The van der Waals surface area contributed by atoms with Gasteiger partial charge in [-0.1, -0.05) is 42.5 Å². The smallest absolute Gasteiger partial charge is 0.208 e. The second kappa shape index (κ2) is 9.43. The van der Waals surface area contributed by atoms with Crippen LogP contribution in [0.15, 0.2) is 119 Å². The van der Waals surface area contributed by atoms with Gasteiger partial charge < -0.3 is 0 Å². The van der Waals surface area contributed by atoms with Crippen LogP contribution >= 0.6 is 11.3 Å². The van der Waals surface area contributed by atoms with E-state index in [0.29, 0.717) is 27.5 Å². The van der Waals surface area contributed by atoms with Gasteiger partial charge in [0.2, 0.25) is 9.84 Å². The first-order valence-electron chi connectivity index (χ1n) is 15.4. The lowest BCUT2D eigenvalue weighted by Crippen LogP contribution is -2.14. The summed E-state index contributed by atoms with van der Waals surface area (Å²) in [6, 6.07) is 31.5. The lowest BCUT2D eigenvalue weighted by atomic mass is 9.94. The lowest BCUT2D eigenvalue weighted by Gasteiger charge is -2.11. The first-order valence-corrected chi connectivity index (χ1v) is 17.7. The summed E-state index contributed by atoms with van der Waals surface area (Å²) < 4.78 is 73.6. The Balaban J connectivity index is 1.35. The molecule has 1 aromatic heterocycles. The maximum Gasteiger partial charge on any atom is 0.208 e. The molecule has 3 aliphatic rings. The quantitative estimate of drug-likeness (QED) is 0.185. The molecule has 6 aromatic carbocycles. The van der Waals surface area contributed by atoms with Crippen molar-refractivity contribution >= 4 is 58.8 Å². The minimum atomic E-state index is -3.99. The summed E-state index contributed by atoms with van der Waals surface area (Å²) in [4.78, 5) is 1.32. The summed E-state index contributed by atoms with van der Waals surface area (Å²) in [5, 5.41) is 4.41. The van der Waals surface area contributed by atoms with Gasteiger partial charge in [0.05, 0.1) is 9.80 Å². The molecule has 48 heavy (non-hydrogen) atoms. The first-order chi connectivity index (χ1) is 23.2. The number of thiophene rings is 1. The molecule has 0 unspecified atom stereocenters. The Morgan fingerprint density at radius 3 is 1.96 bits per heavy atom. The third kappa shape index (κ3) is 3.66. The summed E-state index contributed by atoms with van der Waals surface area (Å²) in [7, 11) is -3.99. The Morgan fingerprint density at radius 1 is 0.583 bits per heavy atom. The van der Waals surface area contributed by atoms with Gasteiger partial charge in [0, 0.05) is 48.9 Å². The van der Waals surface area contributed by atoms with Crippen LogP contribution < -0.4 is 10.4 Å². The molecule has 7 heteroatoms. The minimum absolute atomic E-state index is 0.0696. The molecule has 2 aliphatic carbocycles. The number of allylic oxidation sites excluding steroid dienone is 1. The van der Waals surface area contributed by atoms with Crippen LogP contribution in [0.3, 0.4) is 0 Å². The molecule has 0 fully saturated rings. The number of aryl methyl sites for hydroxylation is 1. The van der Waals surface area contributed by atoms with Gasteiger partial charge in [0.25, 0.3) is 0 Å². The maximum absolute atomic E-state index is 14.9. The fourth-order valence-corrected chi connectivity index (χ4v) is 11.1. The van der Waals surface area contributed by atoms with Gasteiger partial charge in [-0.25, -0.2) is 21.6 Å². The van der Waals surface area contributed by atoms with Crippen LogP contribution in [0, 0.1) is 24.4 Å². The zero-order valence-corrected chi connectivity index (χ0v) is 26.8. The van der Waals surface area contributed by atoms with Gasteiger partial charge in [-0.3, -0.25) is 0 Å². The molecule has 0 radical (unpaired) electrons. The van der Waals surface area contributed by atoms with Gasteiger partial charge in [0.1, 0.15) is 17.5 Å². The highest BCUT2D eigenvalue weighted by Crippen LogP contribution is 2.51.